The van der Waals surface area contributed by atoms with E-state index < -0.39 is 29.6 Å². The molecule has 170 valence electrons. The fourth-order valence-electron chi connectivity index (χ4n) is 4.83. The van der Waals surface area contributed by atoms with Crippen LogP contribution in [0.1, 0.15) is 49.1 Å². The van der Waals surface area contributed by atoms with Crippen molar-refractivity contribution in [2.24, 2.45) is 0 Å². The molecule has 2 aliphatic carbocycles. The van der Waals surface area contributed by atoms with E-state index in [1.807, 2.05) is 36.4 Å². The second-order valence-corrected chi connectivity index (χ2v) is 8.51. The van der Waals surface area contributed by atoms with Crippen molar-refractivity contribution in [1.82, 2.24) is 10.6 Å². The van der Waals surface area contributed by atoms with E-state index in [4.69, 9.17) is 11.2 Å². The van der Waals surface area contributed by atoms with Crippen LogP contribution < -0.4 is 10.6 Å². The first-order valence-corrected chi connectivity index (χ1v) is 11.1. The van der Waals surface area contributed by atoms with Crippen molar-refractivity contribution in [1.29, 1.82) is 0 Å². The molecule has 1 fully saturated rings. The molecule has 0 saturated heterocycles. The molecule has 0 spiro atoms. The molecular formula is C26H26N2O5. The summed E-state index contributed by atoms with van der Waals surface area (Å²) >= 11 is 0. The van der Waals surface area contributed by atoms with Gasteiger partial charge in [0.2, 0.25) is 5.91 Å². The standard InChI is InChI=1S/C26H26N2O5/c1-2-9-22(23(29)30)27-24(31)26(14-7-8-15-26)28-25(32)33-16-21-19-12-5-3-10-17(19)18-11-4-6-13-20(18)21/h1,3-6,10-13,21-22H,7-9,14-16H2,(H,27,31)(H,28,32)(H,29,30). The first-order chi connectivity index (χ1) is 15.9. The van der Waals surface area contributed by atoms with E-state index in [0.717, 1.165) is 35.1 Å². The number of ether oxygens (including phenoxy) is 1. The van der Waals surface area contributed by atoms with Crippen molar-refractivity contribution >= 4 is 18.0 Å². The average Bonchev–Trinajstić information content (AvgIpc) is 3.41. The smallest absolute Gasteiger partial charge is 0.408 e. The Morgan fingerprint density at radius 1 is 1.06 bits per heavy atom. The second-order valence-electron chi connectivity index (χ2n) is 8.51. The van der Waals surface area contributed by atoms with Crippen LogP contribution in [0, 0.1) is 12.3 Å². The molecule has 33 heavy (non-hydrogen) atoms. The van der Waals surface area contributed by atoms with Crippen LogP contribution in [0.4, 0.5) is 4.79 Å². The number of carbonyl (C=O) groups excluding carboxylic acids is 2. The normalized spacial score (nSPS) is 16.7. The lowest BCUT2D eigenvalue weighted by Gasteiger charge is -2.30. The molecule has 7 nitrogen and oxygen atoms in total. The molecule has 1 unspecified atom stereocenters. The van der Waals surface area contributed by atoms with Crippen LogP contribution in [0.25, 0.3) is 11.1 Å². The summed E-state index contributed by atoms with van der Waals surface area (Å²) < 4.78 is 5.60. The van der Waals surface area contributed by atoms with Crippen LogP contribution in [-0.4, -0.2) is 41.3 Å². The molecule has 1 saturated carbocycles. The van der Waals surface area contributed by atoms with E-state index in [1.54, 1.807) is 0 Å². The van der Waals surface area contributed by atoms with Gasteiger partial charge in [-0.15, -0.1) is 12.3 Å². The molecule has 1 atom stereocenters. The van der Waals surface area contributed by atoms with Gasteiger partial charge >= 0.3 is 12.1 Å². The third-order valence-corrected chi connectivity index (χ3v) is 6.50. The molecule has 2 aromatic rings. The second kappa shape index (κ2) is 9.37. The number of hydrogen-bond donors (Lipinski definition) is 3. The van der Waals surface area contributed by atoms with E-state index in [1.165, 1.54) is 0 Å². The molecule has 0 radical (unpaired) electrons. The highest BCUT2D eigenvalue weighted by atomic mass is 16.5. The monoisotopic (exact) mass is 446 g/mol. The first kappa shape index (κ1) is 22.4. The highest BCUT2D eigenvalue weighted by Gasteiger charge is 2.44. The van der Waals surface area contributed by atoms with Crippen LogP contribution in [-0.2, 0) is 14.3 Å². The number of terminal acetylenes is 1. The van der Waals surface area contributed by atoms with E-state index in [9.17, 15) is 19.5 Å². The lowest BCUT2D eigenvalue weighted by atomic mass is 9.95. The van der Waals surface area contributed by atoms with Gasteiger partial charge in [-0.2, -0.15) is 0 Å². The van der Waals surface area contributed by atoms with Gasteiger partial charge in [-0.1, -0.05) is 61.4 Å². The van der Waals surface area contributed by atoms with E-state index in [0.29, 0.717) is 12.8 Å². The number of amides is 2. The van der Waals surface area contributed by atoms with E-state index in [2.05, 4.69) is 28.7 Å². The summed E-state index contributed by atoms with van der Waals surface area (Å²) in [7, 11) is 0. The fraction of sp³-hybridized carbons (Fsp3) is 0.346. The molecular weight excluding hydrogens is 420 g/mol. The molecule has 0 bridgehead atoms. The Balaban J connectivity index is 1.45. The van der Waals surface area contributed by atoms with Crippen LogP contribution in [0.3, 0.4) is 0 Å². The molecule has 3 N–H and O–H groups in total. The van der Waals surface area contributed by atoms with Crippen molar-refractivity contribution in [2.45, 2.75) is 49.6 Å². The molecule has 2 aromatic carbocycles. The van der Waals surface area contributed by atoms with Crippen molar-refractivity contribution < 1.29 is 24.2 Å². The van der Waals surface area contributed by atoms with E-state index >= 15 is 0 Å². The first-order valence-electron chi connectivity index (χ1n) is 11.1. The predicted octanol–water partition coefficient (Wildman–Crippen LogP) is 3.43. The number of aliphatic carboxylic acids is 1. The van der Waals surface area contributed by atoms with Crippen LogP contribution >= 0.6 is 0 Å². The maximum Gasteiger partial charge on any atom is 0.408 e. The van der Waals surface area contributed by atoms with Gasteiger partial charge in [-0.25, -0.2) is 9.59 Å². The minimum atomic E-state index is -1.21. The topological polar surface area (TPSA) is 105 Å². The summed E-state index contributed by atoms with van der Waals surface area (Å²) in [5.41, 5.74) is 3.24. The lowest BCUT2D eigenvalue weighted by molar-refractivity contribution is -0.142. The number of nitrogens with one attached hydrogen (secondary N) is 2. The van der Waals surface area contributed by atoms with Gasteiger partial charge in [-0.3, -0.25) is 4.79 Å². The minimum Gasteiger partial charge on any atom is -0.480 e. The number of hydrogen-bond acceptors (Lipinski definition) is 4. The van der Waals surface area contributed by atoms with Gasteiger partial charge in [0.1, 0.15) is 18.2 Å². The summed E-state index contributed by atoms with van der Waals surface area (Å²) in [5.74, 6) is 0.407. The zero-order chi connectivity index (χ0) is 23.4. The molecule has 0 heterocycles. The number of benzene rings is 2. The van der Waals surface area contributed by atoms with Crippen LogP contribution in [0.5, 0.6) is 0 Å². The number of carboxylic acids is 1. The quantitative estimate of drug-likeness (QED) is 0.565. The molecule has 4 rings (SSSR count). The highest BCUT2D eigenvalue weighted by molar-refractivity contribution is 5.93. The highest BCUT2D eigenvalue weighted by Crippen LogP contribution is 2.44. The van der Waals surface area contributed by atoms with Gasteiger partial charge in [0, 0.05) is 12.3 Å². The molecule has 2 aliphatic rings. The van der Waals surface area contributed by atoms with Gasteiger partial charge in [0.25, 0.3) is 0 Å². The lowest BCUT2D eigenvalue weighted by Crippen LogP contribution is -2.59. The third-order valence-electron chi connectivity index (χ3n) is 6.50. The number of carbonyl (C=O) groups is 3. The van der Waals surface area contributed by atoms with Gasteiger partial charge in [0.05, 0.1) is 0 Å². The van der Waals surface area contributed by atoms with Crippen LogP contribution in [0.15, 0.2) is 48.5 Å². The summed E-state index contributed by atoms with van der Waals surface area (Å²) in [6, 6.07) is 14.9. The predicted molar refractivity (Wildman–Crippen MR) is 122 cm³/mol. The largest absolute Gasteiger partial charge is 0.480 e. The summed E-state index contributed by atoms with van der Waals surface area (Å²) in [6.45, 7) is 0.131. The molecule has 0 aromatic heterocycles. The maximum atomic E-state index is 13.0. The van der Waals surface area contributed by atoms with Crippen molar-refractivity contribution in [3.63, 3.8) is 0 Å². The molecule has 2 amide bonds. The van der Waals surface area contributed by atoms with Gasteiger partial charge < -0.3 is 20.5 Å². The van der Waals surface area contributed by atoms with Crippen molar-refractivity contribution in [2.75, 3.05) is 6.61 Å². The average molecular weight is 447 g/mol. The van der Waals surface area contributed by atoms with Crippen molar-refractivity contribution in [3.05, 3.63) is 59.7 Å². The number of fused-ring (bicyclic) bond motifs is 3. The number of carboxylic acid groups (broad SMARTS) is 1. The van der Waals surface area contributed by atoms with E-state index in [-0.39, 0.29) is 18.9 Å². The Kier molecular flexibility index (Phi) is 6.36. The Hall–Kier alpha value is -3.79. The third kappa shape index (κ3) is 4.42. The zero-order valence-corrected chi connectivity index (χ0v) is 18.2. The van der Waals surface area contributed by atoms with Crippen molar-refractivity contribution in [3.8, 4) is 23.5 Å². The summed E-state index contributed by atoms with van der Waals surface area (Å²) in [6.07, 6.45) is 6.69. The van der Waals surface area contributed by atoms with Gasteiger partial charge in [-0.05, 0) is 35.1 Å². The summed E-state index contributed by atoms with van der Waals surface area (Å²) in [4.78, 5) is 37.1. The molecule has 7 heteroatoms. The number of alkyl carbamates (subject to hydrolysis) is 1. The summed E-state index contributed by atoms with van der Waals surface area (Å²) in [5, 5.41) is 14.5. The Morgan fingerprint density at radius 2 is 1.64 bits per heavy atom. The molecule has 0 aliphatic heterocycles. The number of rotatable bonds is 7. The Bertz CT molecular complexity index is 1070. The van der Waals surface area contributed by atoms with Gasteiger partial charge in [0.15, 0.2) is 0 Å². The fourth-order valence-corrected chi connectivity index (χ4v) is 4.83. The Labute approximate surface area is 192 Å². The Morgan fingerprint density at radius 3 is 2.18 bits per heavy atom. The van der Waals surface area contributed by atoms with Crippen LogP contribution in [0.2, 0.25) is 0 Å². The maximum absolute atomic E-state index is 13.0. The zero-order valence-electron chi connectivity index (χ0n) is 18.2. The minimum absolute atomic E-state index is 0.0940. The SMILES string of the molecule is C#CCC(NC(=O)C1(NC(=O)OCC2c3ccccc3-c3ccccc32)CCCC1)C(=O)O.